The van der Waals surface area contributed by atoms with Gasteiger partial charge in [-0.1, -0.05) is 29.8 Å². The van der Waals surface area contributed by atoms with Crippen molar-refractivity contribution in [1.82, 2.24) is 0 Å². The van der Waals surface area contributed by atoms with Gasteiger partial charge in [0.25, 0.3) is 0 Å². The van der Waals surface area contributed by atoms with Crippen LogP contribution in [0.15, 0.2) is 42.5 Å². The van der Waals surface area contributed by atoms with E-state index in [4.69, 9.17) is 25.8 Å². The molecule has 0 saturated heterocycles. The fourth-order valence-corrected chi connectivity index (χ4v) is 3.75. The highest BCUT2D eigenvalue weighted by atomic mass is 35.5. The van der Waals surface area contributed by atoms with E-state index in [1.165, 1.54) is 0 Å². The lowest BCUT2D eigenvalue weighted by Crippen LogP contribution is -2.47. The first-order valence-corrected chi connectivity index (χ1v) is 11.2. The van der Waals surface area contributed by atoms with E-state index in [9.17, 15) is 14.4 Å². The maximum Gasteiger partial charge on any atom is 0.421 e. The number of nitrogens with zero attached hydrogens (tertiary/aromatic N) is 1. The Labute approximate surface area is 198 Å². The molecule has 3 rings (SSSR count). The van der Waals surface area contributed by atoms with Crippen molar-refractivity contribution in [3.63, 3.8) is 0 Å². The summed E-state index contributed by atoms with van der Waals surface area (Å²) < 4.78 is 16.4. The molecule has 1 heterocycles. The van der Waals surface area contributed by atoms with Crippen LogP contribution in [0.1, 0.15) is 45.2 Å². The third-order valence-electron chi connectivity index (χ3n) is 4.92. The lowest BCUT2D eigenvalue weighted by atomic mass is 9.89. The van der Waals surface area contributed by atoms with Crippen LogP contribution in [-0.2, 0) is 32.1 Å². The third kappa shape index (κ3) is 6.48. The Balaban J connectivity index is 1.89. The molecule has 0 N–H and O–H groups in total. The van der Waals surface area contributed by atoms with E-state index in [1.807, 2.05) is 12.1 Å². The third-order valence-corrected chi connectivity index (χ3v) is 5.16. The molecule has 1 unspecified atom stereocenters. The highest BCUT2D eigenvalue weighted by Crippen LogP contribution is 2.36. The predicted molar refractivity (Wildman–Crippen MR) is 124 cm³/mol. The van der Waals surface area contributed by atoms with Gasteiger partial charge in [0.05, 0.1) is 24.6 Å². The van der Waals surface area contributed by atoms with Gasteiger partial charge in [0.15, 0.2) is 0 Å². The van der Waals surface area contributed by atoms with Crippen LogP contribution in [0.5, 0.6) is 5.75 Å². The first-order valence-electron chi connectivity index (χ1n) is 10.8. The number of carbonyl (C=O) groups is 3. The van der Waals surface area contributed by atoms with Crippen molar-refractivity contribution in [1.29, 1.82) is 0 Å². The number of esters is 1. The Morgan fingerprint density at radius 3 is 2.58 bits per heavy atom. The summed E-state index contributed by atoms with van der Waals surface area (Å²) in [7, 11) is 0. The number of anilines is 1. The lowest BCUT2D eigenvalue weighted by molar-refractivity contribution is -0.146. The monoisotopic (exact) mass is 473 g/mol. The molecule has 33 heavy (non-hydrogen) atoms. The smallest absolute Gasteiger partial charge is 0.421 e. The number of halogens is 1. The molecule has 1 atom stereocenters. The Bertz CT molecular complexity index is 1050. The molecule has 0 bridgehead atoms. The number of amides is 2. The van der Waals surface area contributed by atoms with E-state index in [0.29, 0.717) is 22.9 Å². The molecular formula is C25H28ClNO6. The second-order valence-electron chi connectivity index (χ2n) is 8.77. The van der Waals surface area contributed by atoms with Gasteiger partial charge < -0.3 is 14.2 Å². The van der Waals surface area contributed by atoms with Gasteiger partial charge in [-0.3, -0.25) is 9.59 Å². The summed E-state index contributed by atoms with van der Waals surface area (Å²) in [6, 6.07) is 12.5. The molecule has 8 heteroatoms. The number of hydrogen-bond acceptors (Lipinski definition) is 6. The van der Waals surface area contributed by atoms with E-state index in [1.54, 1.807) is 58.0 Å². The van der Waals surface area contributed by atoms with Crippen LogP contribution in [0.3, 0.4) is 0 Å². The maximum atomic E-state index is 13.2. The quantitative estimate of drug-likeness (QED) is 0.528. The van der Waals surface area contributed by atoms with Crippen LogP contribution in [0.2, 0.25) is 5.02 Å². The Kier molecular flexibility index (Phi) is 7.64. The summed E-state index contributed by atoms with van der Waals surface area (Å²) in [5.41, 5.74) is 1.21. The molecule has 2 amide bonds. The van der Waals surface area contributed by atoms with Crippen molar-refractivity contribution in [2.45, 2.75) is 52.7 Å². The van der Waals surface area contributed by atoms with E-state index in [0.717, 1.165) is 16.0 Å². The largest absolute Gasteiger partial charge is 0.489 e. The molecule has 0 aromatic heterocycles. The number of carbonyl (C=O) groups excluding carboxylic acids is 3. The molecule has 2 aromatic carbocycles. The maximum absolute atomic E-state index is 13.2. The van der Waals surface area contributed by atoms with E-state index in [-0.39, 0.29) is 19.6 Å². The number of ether oxygens (including phenoxy) is 3. The van der Waals surface area contributed by atoms with Gasteiger partial charge in [-0.2, -0.15) is 0 Å². The summed E-state index contributed by atoms with van der Waals surface area (Å²) in [5, 5.41) is 0.607. The Morgan fingerprint density at radius 1 is 1.15 bits per heavy atom. The van der Waals surface area contributed by atoms with Gasteiger partial charge in [0.1, 0.15) is 18.0 Å². The summed E-state index contributed by atoms with van der Waals surface area (Å²) in [6.45, 7) is 7.36. The first-order chi connectivity index (χ1) is 15.6. The Hall–Kier alpha value is -3.06. The molecule has 0 saturated carbocycles. The highest BCUT2D eigenvalue weighted by molar-refractivity contribution is 6.30. The van der Waals surface area contributed by atoms with Gasteiger partial charge in [-0.05, 0) is 63.4 Å². The van der Waals surface area contributed by atoms with Crippen molar-refractivity contribution in [2.75, 3.05) is 11.5 Å². The SMILES string of the molecule is CCOC(=O)CC1Cc2ccc(OCc3cccc(Cl)c3)cc2N(C(=O)OC(C)(C)C)C1=O. The topological polar surface area (TPSA) is 82.1 Å². The first kappa shape index (κ1) is 24.6. The summed E-state index contributed by atoms with van der Waals surface area (Å²) in [5.74, 6) is -1.22. The predicted octanol–water partition coefficient (Wildman–Crippen LogP) is 5.31. The minimum absolute atomic E-state index is 0.113. The van der Waals surface area contributed by atoms with Crippen molar-refractivity contribution < 1.29 is 28.6 Å². The molecule has 0 aliphatic carbocycles. The van der Waals surface area contributed by atoms with Crippen molar-refractivity contribution in [2.24, 2.45) is 5.92 Å². The number of hydrogen-bond donors (Lipinski definition) is 0. The zero-order chi connectivity index (χ0) is 24.2. The van der Waals surface area contributed by atoms with Crippen LogP contribution >= 0.6 is 11.6 Å². The van der Waals surface area contributed by atoms with Crippen LogP contribution in [0.25, 0.3) is 0 Å². The Morgan fingerprint density at radius 2 is 1.91 bits per heavy atom. The summed E-state index contributed by atoms with van der Waals surface area (Å²) in [6.07, 6.45) is -0.603. The van der Waals surface area contributed by atoms with Crippen LogP contribution < -0.4 is 9.64 Å². The van der Waals surface area contributed by atoms with Crippen LogP contribution in [-0.4, -0.2) is 30.2 Å². The van der Waals surface area contributed by atoms with Crippen molar-refractivity contribution in [3.8, 4) is 5.75 Å². The normalized spacial score (nSPS) is 15.6. The minimum Gasteiger partial charge on any atom is -0.489 e. The molecule has 0 fully saturated rings. The second-order valence-corrected chi connectivity index (χ2v) is 9.21. The number of imide groups is 1. The second kappa shape index (κ2) is 10.3. The summed E-state index contributed by atoms with van der Waals surface area (Å²) >= 11 is 6.03. The zero-order valence-electron chi connectivity index (χ0n) is 19.2. The van der Waals surface area contributed by atoms with Gasteiger partial charge >= 0.3 is 12.1 Å². The van der Waals surface area contributed by atoms with Gasteiger partial charge in [-0.25, -0.2) is 9.69 Å². The molecule has 1 aliphatic heterocycles. The van der Waals surface area contributed by atoms with Gasteiger partial charge in [0, 0.05) is 11.1 Å². The molecule has 2 aromatic rings. The minimum atomic E-state index is -0.799. The standard InChI is InChI=1S/C25H28ClNO6/c1-5-31-22(28)13-18-12-17-9-10-20(32-15-16-7-6-8-19(26)11-16)14-21(17)27(23(18)29)24(30)33-25(2,3)4/h6-11,14,18H,5,12-13,15H2,1-4H3. The average molecular weight is 474 g/mol. The van der Waals surface area contributed by atoms with Gasteiger partial charge in [0.2, 0.25) is 5.91 Å². The molecule has 0 radical (unpaired) electrons. The number of fused-ring (bicyclic) bond motifs is 1. The van der Waals surface area contributed by atoms with Gasteiger partial charge in [-0.15, -0.1) is 0 Å². The van der Waals surface area contributed by atoms with E-state index < -0.39 is 29.5 Å². The molecule has 176 valence electrons. The number of rotatable bonds is 6. The molecular weight excluding hydrogens is 446 g/mol. The van der Waals surface area contributed by atoms with Crippen molar-refractivity contribution >= 4 is 35.3 Å². The zero-order valence-corrected chi connectivity index (χ0v) is 20.0. The summed E-state index contributed by atoms with van der Waals surface area (Å²) in [4.78, 5) is 39.3. The lowest BCUT2D eigenvalue weighted by Gasteiger charge is -2.34. The average Bonchev–Trinajstić information content (AvgIpc) is 2.72. The fourth-order valence-electron chi connectivity index (χ4n) is 3.54. The fraction of sp³-hybridized carbons (Fsp3) is 0.400. The molecule has 1 aliphatic rings. The van der Waals surface area contributed by atoms with Crippen LogP contribution in [0.4, 0.5) is 10.5 Å². The van der Waals surface area contributed by atoms with E-state index in [2.05, 4.69) is 0 Å². The number of benzene rings is 2. The van der Waals surface area contributed by atoms with E-state index >= 15 is 0 Å². The van der Waals surface area contributed by atoms with Crippen molar-refractivity contribution in [3.05, 3.63) is 58.6 Å². The highest BCUT2D eigenvalue weighted by Gasteiger charge is 2.40. The molecule has 7 nitrogen and oxygen atoms in total. The molecule has 0 spiro atoms. The van der Waals surface area contributed by atoms with Crippen LogP contribution in [0, 0.1) is 5.92 Å².